The number of carbonyl (C=O) groups is 3. The number of nitrogens with one attached hydrogen (secondary N) is 3. The molecule has 0 radical (unpaired) electrons. The lowest BCUT2D eigenvalue weighted by atomic mass is 10.2. The van der Waals surface area contributed by atoms with Crippen molar-refractivity contribution in [1.82, 2.24) is 4.68 Å². The van der Waals surface area contributed by atoms with Crippen LogP contribution in [-0.4, -0.2) is 29.5 Å². The normalized spacial score (nSPS) is 10.6. The van der Waals surface area contributed by atoms with Crippen molar-refractivity contribution >= 4 is 79.1 Å². The summed E-state index contributed by atoms with van der Waals surface area (Å²) in [5.41, 5.74) is 3.72. The van der Waals surface area contributed by atoms with Gasteiger partial charge in [0.2, 0.25) is 0 Å². The van der Waals surface area contributed by atoms with Crippen molar-refractivity contribution in [2.45, 2.75) is 0 Å². The van der Waals surface area contributed by atoms with Crippen molar-refractivity contribution in [1.29, 1.82) is 0 Å². The zero-order valence-electron chi connectivity index (χ0n) is 18.1. The van der Waals surface area contributed by atoms with Crippen LogP contribution in [0.25, 0.3) is 10.9 Å². The molecule has 0 aliphatic rings. The predicted octanol–water partition coefficient (Wildman–Crippen LogP) is 5.68. The standard InChI is InChI=1S/C24H17BrCl2N4O4/c1-35-21-5-3-2-4-18(21)29-23(33)24(34)30-31-19-9-6-14(25)10-13(19)11-20(31)22(32)28-17-8-7-15(26)12-16(17)27/h2-12H,1H3,(H,28,32)(H,29,33)(H,30,34). The Bertz CT molecular complexity index is 1470. The predicted molar refractivity (Wildman–Crippen MR) is 140 cm³/mol. The fourth-order valence-corrected chi connectivity index (χ4v) is 4.16. The molecule has 0 bridgehead atoms. The molecule has 0 aliphatic carbocycles. The number of para-hydroxylation sites is 2. The number of aromatic nitrogens is 1. The molecule has 0 spiro atoms. The molecule has 0 fully saturated rings. The van der Waals surface area contributed by atoms with E-state index >= 15 is 0 Å². The molecule has 0 saturated carbocycles. The molecule has 3 N–H and O–H groups in total. The smallest absolute Gasteiger partial charge is 0.328 e. The molecule has 8 nitrogen and oxygen atoms in total. The summed E-state index contributed by atoms with van der Waals surface area (Å²) in [5, 5.41) is 6.52. The van der Waals surface area contributed by atoms with Crippen molar-refractivity contribution in [3.63, 3.8) is 0 Å². The number of nitrogens with zero attached hydrogens (tertiary/aromatic N) is 1. The van der Waals surface area contributed by atoms with Crippen molar-refractivity contribution in [2.24, 2.45) is 0 Å². The quantitative estimate of drug-likeness (QED) is 0.266. The van der Waals surface area contributed by atoms with E-state index in [0.29, 0.717) is 33.0 Å². The highest BCUT2D eigenvalue weighted by molar-refractivity contribution is 9.10. The van der Waals surface area contributed by atoms with E-state index in [1.807, 2.05) is 0 Å². The minimum atomic E-state index is -0.991. The first kappa shape index (κ1) is 24.6. The van der Waals surface area contributed by atoms with Crippen LogP contribution in [0.3, 0.4) is 0 Å². The van der Waals surface area contributed by atoms with Gasteiger partial charge in [0.05, 0.1) is 29.0 Å². The number of methoxy groups -OCH3 is 1. The number of anilines is 2. The number of amides is 3. The highest BCUT2D eigenvalue weighted by Crippen LogP contribution is 2.28. The maximum absolute atomic E-state index is 13.1. The maximum Gasteiger partial charge on any atom is 0.328 e. The second kappa shape index (κ2) is 10.4. The summed E-state index contributed by atoms with van der Waals surface area (Å²) >= 11 is 15.5. The summed E-state index contributed by atoms with van der Waals surface area (Å²) in [7, 11) is 1.45. The van der Waals surface area contributed by atoms with Crippen LogP contribution < -0.4 is 20.8 Å². The van der Waals surface area contributed by atoms with Crippen molar-refractivity contribution < 1.29 is 19.1 Å². The molecule has 35 heavy (non-hydrogen) atoms. The van der Waals surface area contributed by atoms with Crippen LogP contribution in [0.15, 0.2) is 71.2 Å². The number of benzene rings is 3. The molecule has 0 aliphatic heterocycles. The highest BCUT2D eigenvalue weighted by Gasteiger charge is 2.22. The Morgan fingerprint density at radius 1 is 0.886 bits per heavy atom. The lowest BCUT2D eigenvalue weighted by Crippen LogP contribution is -2.36. The van der Waals surface area contributed by atoms with Crippen molar-refractivity contribution in [3.05, 3.63) is 86.9 Å². The molecular weight excluding hydrogens is 559 g/mol. The van der Waals surface area contributed by atoms with Gasteiger partial charge in [0.15, 0.2) is 0 Å². The summed E-state index contributed by atoms with van der Waals surface area (Å²) in [6.45, 7) is 0. The van der Waals surface area contributed by atoms with Gasteiger partial charge in [0.1, 0.15) is 11.4 Å². The minimum absolute atomic E-state index is 0.0718. The van der Waals surface area contributed by atoms with E-state index in [0.717, 1.165) is 4.47 Å². The number of hydrogen-bond donors (Lipinski definition) is 3. The molecule has 4 rings (SSSR count). The van der Waals surface area contributed by atoms with Crippen LogP contribution >= 0.6 is 39.1 Å². The third kappa shape index (κ3) is 5.43. The number of halogens is 3. The topological polar surface area (TPSA) is 101 Å². The van der Waals surface area contributed by atoms with Crippen LogP contribution in [-0.2, 0) is 9.59 Å². The second-order valence-electron chi connectivity index (χ2n) is 7.24. The van der Waals surface area contributed by atoms with Crippen LogP contribution in [0, 0.1) is 0 Å². The molecule has 0 unspecified atom stereocenters. The van der Waals surface area contributed by atoms with Gasteiger partial charge in [-0.15, -0.1) is 0 Å². The first-order valence-corrected chi connectivity index (χ1v) is 11.6. The number of hydrogen-bond acceptors (Lipinski definition) is 4. The van der Waals surface area contributed by atoms with E-state index in [2.05, 4.69) is 32.0 Å². The lowest BCUT2D eigenvalue weighted by Gasteiger charge is -2.14. The average molecular weight is 576 g/mol. The average Bonchev–Trinajstić information content (AvgIpc) is 3.18. The lowest BCUT2D eigenvalue weighted by molar-refractivity contribution is -0.133. The van der Waals surface area contributed by atoms with Crippen LogP contribution in [0.4, 0.5) is 11.4 Å². The minimum Gasteiger partial charge on any atom is -0.495 e. The maximum atomic E-state index is 13.1. The van der Waals surface area contributed by atoms with Gasteiger partial charge in [-0.05, 0) is 54.6 Å². The SMILES string of the molecule is COc1ccccc1NC(=O)C(=O)Nn1c(C(=O)Nc2ccc(Cl)cc2Cl)cc2cc(Br)ccc21. The van der Waals surface area contributed by atoms with E-state index < -0.39 is 17.7 Å². The van der Waals surface area contributed by atoms with E-state index in [1.54, 1.807) is 60.7 Å². The zero-order chi connectivity index (χ0) is 25.1. The Hall–Kier alpha value is -3.53. The van der Waals surface area contributed by atoms with E-state index in [4.69, 9.17) is 27.9 Å². The number of ether oxygens (including phenoxy) is 1. The molecular formula is C24H17BrCl2N4O4. The highest BCUT2D eigenvalue weighted by atomic mass is 79.9. The van der Waals surface area contributed by atoms with Crippen LogP contribution in [0.2, 0.25) is 10.0 Å². The molecule has 3 aromatic carbocycles. The number of rotatable bonds is 5. The number of carbonyl (C=O) groups excluding carboxylic acids is 3. The second-order valence-corrected chi connectivity index (χ2v) is 9.00. The molecule has 178 valence electrons. The number of fused-ring (bicyclic) bond motifs is 1. The zero-order valence-corrected chi connectivity index (χ0v) is 21.2. The van der Waals surface area contributed by atoms with Gasteiger partial charge in [-0.3, -0.25) is 19.8 Å². The van der Waals surface area contributed by atoms with Gasteiger partial charge in [0.25, 0.3) is 5.91 Å². The largest absolute Gasteiger partial charge is 0.495 e. The van der Waals surface area contributed by atoms with Gasteiger partial charge in [0, 0.05) is 14.9 Å². The van der Waals surface area contributed by atoms with Crippen molar-refractivity contribution in [2.75, 3.05) is 23.2 Å². The van der Waals surface area contributed by atoms with Crippen LogP contribution in [0.1, 0.15) is 10.5 Å². The third-order valence-electron chi connectivity index (χ3n) is 4.95. The molecule has 0 atom stereocenters. The van der Waals surface area contributed by atoms with Gasteiger partial charge >= 0.3 is 11.8 Å². The van der Waals surface area contributed by atoms with E-state index in [-0.39, 0.29) is 10.7 Å². The van der Waals surface area contributed by atoms with Crippen LogP contribution in [0.5, 0.6) is 5.75 Å². The Balaban J connectivity index is 1.64. The summed E-state index contributed by atoms with van der Waals surface area (Å²) in [5.74, 6) is -2.10. The summed E-state index contributed by atoms with van der Waals surface area (Å²) < 4.78 is 7.21. The van der Waals surface area contributed by atoms with E-state index in [1.165, 1.54) is 17.9 Å². The first-order chi connectivity index (χ1) is 16.8. The fraction of sp³-hybridized carbons (Fsp3) is 0.0417. The molecule has 1 heterocycles. The van der Waals surface area contributed by atoms with E-state index in [9.17, 15) is 14.4 Å². The molecule has 3 amide bonds. The fourth-order valence-electron chi connectivity index (χ4n) is 3.33. The Morgan fingerprint density at radius 3 is 2.40 bits per heavy atom. The molecule has 0 saturated heterocycles. The Kier molecular flexibility index (Phi) is 7.30. The molecule has 1 aromatic heterocycles. The third-order valence-corrected chi connectivity index (χ3v) is 5.99. The monoisotopic (exact) mass is 574 g/mol. The van der Waals surface area contributed by atoms with Gasteiger partial charge < -0.3 is 15.4 Å². The molecule has 11 heteroatoms. The van der Waals surface area contributed by atoms with Gasteiger partial charge in [-0.2, -0.15) is 0 Å². The molecule has 4 aromatic rings. The van der Waals surface area contributed by atoms with Gasteiger partial charge in [-0.25, -0.2) is 4.68 Å². The Morgan fingerprint density at radius 2 is 1.66 bits per heavy atom. The van der Waals surface area contributed by atoms with Crippen molar-refractivity contribution in [3.8, 4) is 5.75 Å². The first-order valence-electron chi connectivity index (χ1n) is 10.1. The summed E-state index contributed by atoms with van der Waals surface area (Å²) in [4.78, 5) is 38.6. The van der Waals surface area contributed by atoms with Gasteiger partial charge in [-0.1, -0.05) is 51.3 Å². The summed E-state index contributed by atoms with van der Waals surface area (Å²) in [6, 6.07) is 18.1. The Labute approximate surface area is 218 Å². The summed E-state index contributed by atoms with van der Waals surface area (Å²) in [6.07, 6.45) is 0.